The number of carbonyl (C=O) groups excluding carboxylic acids is 1. The van der Waals surface area contributed by atoms with Crippen LogP contribution >= 0.6 is 0 Å². The van der Waals surface area contributed by atoms with Gasteiger partial charge in [-0.1, -0.05) is 17.7 Å². The van der Waals surface area contributed by atoms with Crippen molar-refractivity contribution in [3.05, 3.63) is 47.5 Å². The van der Waals surface area contributed by atoms with Crippen LogP contribution in [-0.4, -0.2) is 69.8 Å². The lowest BCUT2D eigenvalue weighted by atomic mass is 10.1. The zero-order valence-corrected chi connectivity index (χ0v) is 18.1. The van der Waals surface area contributed by atoms with Gasteiger partial charge in [-0.05, 0) is 36.8 Å². The zero-order valence-electron chi connectivity index (χ0n) is 18.1. The van der Waals surface area contributed by atoms with E-state index in [0.29, 0.717) is 30.3 Å². The van der Waals surface area contributed by atoms with Crippen molar-refractivity contribution < 1.29 is 23.7 Å². The van der Waals surface area contributed by atoms with Crippen LogP contribution in [0.2, 0.25) is 0 Å². The molecule has 30 heavy (non-hydrogen) atoms. The van der Waals surface area contributed by atoms with Gasteiger partial charge in [0.1, 0.15) is 5.75 Å². The van der Waals surface area contributed by atoms with Crippen molar-refractivity contribution in [3.8, 4) is 23.0 Å². The van der Waals surface area contributed by atoms with Crippen LogP contribution in [0.1, 0.15) is 11.1 Å². The second kappa shape index (κ2) is 10.2. The van der Waals surface area contributed by atoms with E-state index in [-0.39, 0.29) is 12.5 Å². The highest BCUT2D eigenvalue weighted by Crippen LogP contribution is 2.38. The predicted octanol–water partition coefficient (Wildman–Crippen LogP) is 2.74. The molecule has 2 aromatic carbocycles. The molecule has 0 atom stereocenters. The number of hydrogen-bond acceptors (Lipinski definition) is 6. The first kappa shape index (κ1) is 21.8. The molecule has 1 saturated heterocycles. The highest BCUT2D eigenvalue weighted by Gasteiger charge is 2.22. The highest BCUT2D eigenvalue weighted by molar-refractivity contribution is 5.77. The zero-order chi connectivity index (χ0) is 21.5. The number of nitrogens with zero attached hydrogens (tertiary/aromatic N) is 2. The molecule has 162 valence electrons. The van der Waals surface area contributed by atoms with Gasteiger partial charge in [-0.15, -0.1) is 0 Å². The summed E-state index contributed by atoms with van der Waals surface area (Å²) in [5, 5.41) is 0. The lowest BCUT2D eigenvalue weighted by molar-refractivity contribution is -0.135. The minimum atomic E-state index is 0.0167. The first-order valence-corrected chi connectivity index (χ1v) is 10.0. The van der Waals surface area contributed by atoms with Gasteiger partial charge < -0.3 is 23.8 Å². The van der Waals surface area contributed by atoms with E-state index in [4.69, 9.17) is 18.9 Å². The molecule has 7 nitrogen and oxygen atoms in total. The average molecular weight is 415 g/mol. The fourth-order valence-electron chi connectivity index (χ4n) is 3.51. The van der Waals surface area contributed by atoms with E-state index in [1.807, 2.05) is 48.2 Å². The molecular weight excluding hydrogens is 384 g/mol. The van der Waals surface area contributed by atoms with Gasteiger partial charge in [0.2, 0.25) is 5.75 Å². The van der Waals surface area contributed by atoms with Gasteiger partial charge >= 0.3 is 0 Å². The number of hydrogen-bond donors (Lipinski definition) is 0. The van der Waals surface area contributed by atoms with Crippen molar-refractivity contribution >= 4 is 5.91 Å². The van der Waals surface area contributed by atoms with Crippen LogP contribution in [0.15, 0.2) is 36.4 Å². The Morgan fingerprint density at radius 2 is 1.50 bits per heavy atom. The second-order valence-electron chi connectivity index (χ2n) is 7.29. The molecule has 0 spiro atoms. The molecule has 1 fully saturated rings. The van der Waals surface area contributed by atoms with E-state index in [1.54, 1.807) is 21.3 Å². The predicted molar refractivity (Wildman–Crippen MR) is 115 cm³/mol. The molecule has 1 aliphatic rings. The lowest BCUT2D eigenvalue weighted by Crippen LogP contribution is -2.49. The third-order valence-corrected chi connectivity index (χ3v) is 5.24. The normalized spacial score (nSPS) is 14.3. The topological polar surface area (TPSA) is 60.5 Å². The number of benzene rings is 2. The molecule has 1 amide bonds. The minimum absolute atomic E-state index is 0.0167. The maximum Gasteiger partial charge on any atom is 0.260 e. The Morgan fingerprint density at radius 1 is 0.900 bits per heavy atom. The smallest absolute Gasteiger partial charge is 0.260 e. The van der Waals surface area contributed by atoms with Crippen molar-refractivity contribution in [1.29, 1.82) is 0 Å². The number of rotatable bonds is 8. The summed E-state index contributed by atoms with van der Waals surface area (Å²) in [7, 11) is 4.83. The quantitative estimate of drug-likeness (QED) is 0.662. The molecule has 0 aliphatic carbocycles. The molecule has 0 saturated carbocycles. The molecule has 1 heterocycles. The molecular formula is C23H30N2O5. The van der Waals surface area contributed by atoms with Crippen LogP contribution < -0.4 is 18.9 Å². The van der Waals surface area contributed by atoms with Crippen molar-refractivity contribution in [2.24, 2.45) is 0 Å². The Bertz CT molecular complexity index is 820. The van der Waals surface area contributed by atoms with Crippen LogP contribution in [-0.2, 0) is 11.3 Å². The third-order valence-electron chi connectivity index (χ3n) is 5.24. The fourth-order valence-corrected chi connectivity index (χ4v) is 3.51. The van der Waals surface area contributed by atoms with E-state index in [0.717, 1.165) is 36.5 Å². The Kier molecular flexibility index (Phi) is 7.41. The van der Waals surface area contributed by atoms with E-state index in [1.165, 1.54) is 0 Å². The number of piperazine rings is 1. The molecule has 0 radical (unpaired) electrons. The molecule has 2 aromatic rings. The summed E-state index contributed by atoms with van der Waals surface area (Å²) in [5.74, 6) is 2.62. The standard InChI is InChI=1S/C23H30N2O5/c1-17-5-7-19(8-6-17)30-16-22(26)25-11-9-24(10-12-25)15-18-13-20(27-2)23(29-4)21(14-18)28-3/h5-8,13-14H,9-12,15-16H2,1-4H3. The summed E-state index contributed by atoms with van der Waals surface area (Å²) in [4.78, 5) is 16.6. The summed E-state index contributed by atoms with van der Waals surface area (Å²) in [6.45, 7) is 5.79. The summed E-state index contributed by atoms with van der Waals surface area (Å²) in [5.41, 5.74) is 2.24. The molecule has 0 unspecified atom stereocenters. The van der Waals surface area contributed by atoms with Gasteiger partial charge in [-0.2, -0.15) is 0 Å². The van der Waals surface area contributed by atoms with Gasteiger partial charge in [0.25, 0.3) is 5.91 Å². The summed E-state index contributed by atoms with van der Waals surface area (Å²) in [6, 6.07) is 11.7. The second-order valence-corrected chi connectivity index (χ2v) is 7.29. The highest BCUT2D eigenvalue weighted by atomic mass is 16.5. The lowest BCUT2D eigenvalue weighted by Gasteiger charge is -2.34. The largest absolute Gasteiger partial charge is 0.493 e. The average Bonchev–Trinajstić information content (AvgIpc) is 2.78. The number of methoxy groups -OCH3 is 3. The number of amides is 1. The molecule has 0 aromatic heterocycles. The minimum Gasteiger partial charge on any atom is -0.493 e. The van der Waals surface area contributed by atoms with E-state index < -0.39 is 0 Å². The summed E-state index contributed by atoms with van der Waals surface area (Å²) in [6.07, 6.45) is 0. The Hall–Kier alpha value is -2.93. The Morgan fingerprint density at radius 3 is 2.03 bits per heavy atom. The van der Waals surface area contributed by atoms with Crippen molar-refractivity contribution in [2.75, 3.05) is 54.1 Å². The van der Waals surface area contributed by atoms with Gasteiger partial charge in [0.15, 0.2) is 18.1 Å². The Balaban J connectivity index is 1.51. The van der Waals surface area contributed by atoms with Gasteiger partial charge in [0, 0.05) is 32.7 Å². The van der Waals surface area contributed by atoms with Crippen LogP contribution in [0.25, 0.3) is 0 Å². The van der Waals surface area contributed by atoms with Crippen molar-refractivity contribution in [2.45, 2.75) is 13.5 Å². The molecule has 7 heteroatoms. The maximum atomic E-state index is 12.5. The van der Waals surface area contributed by atoms with Gasteiger partial charge in [-0.25, -0.2) is 0 Å². The Labute approximate surface area is 178 Å². The monoisotopic (exact) mass is 414 g/mol. The SMILES string of the molecule is COc1cc(CN2CCN(C(=O)COc3ccc(C)cc3)CC2)cc(OC)c1OC. The van der Waals surface area contributed by atoms with Crippen LogP contribution in [0.5, 0.6) is 23.0 Å². The van der Waals surface area contributed by atoms with Gasteiger partial charge in [0.05, 0.1) is 21.3 Å². The molecule has 0 N–H and O–H groups in total. The van der Waals surface area contributed by atoms with Gasteiger partial charge in [-0.3, -0.25) is 9.69 Å². The van der Waals surface area contributed by atoms with E-state index in [2.05, 4.69) is 4.90 Å². The van der Waals surface area contributed by atoms with Crippen molar-refractivity contribution in [1.82, 2.24) is 9.80 Å². The van der Waals surface area contributed by atoms with Crippen LogP contribution in [0.4, 0.5) is 0 Å². The van der Waals surface area contributed by atoms with Crippen LogP contribution in [0, 0.1) is 6.92 Å². The van der Waals surface area contributed by atoms with Crippen molar-refractivity contribution in [3.63, 3.8) is 0 Å². The van der Waals surface area contributed by atoms with E-state index in [9.17, 15) is 4.79 Å². The molecule has 1 aliphatic heterocycles. The summed E-state index contributed by atoms with van der Waals surface area (Å²) < 4.78 is 21.9. The molecule has 3 rings (SSSR count). The molecule has 0 bridgehead atoms. The number of ether oxygens (including phenoxy) is 4. The first-order valence-electron chi connectivity index (χ1n) is 10.0. The number of aryl methyl sites for hydroxylation is 1. The van der Waals surface area contributed by atoms with Crippen LogP contribution in [0.3, 0.4) is 0 Å². The summed E-state index contributed by atoms with van der Waals surface area (Å²) >= 11 is 0. The maximum absolute atomic E-state index is 12.5. The number of carbonyl (C=O) groups is 1. The fraction of sp³-hybridized carbons (Fsp3) is 0.435. The third kappa shape index (κ3) is 5.36. The first-order chi connectivity index (χ1) is 14.5. The van der Waals surface area contributed by atoms with E-state index >= 15 is 0 Å².